The molecule has 1 unspecified atom stereocenters. The topological polar surface area (TPSA) is 26.3 Å². The van der Waals surface area contributed by atoms with Crippen LogP contribution in [0.1, 0.15) is 27.6 Å². The van der Waals surface area contributed by atoms with Crippen molar-refractivity contribution in [3.63, 3.8) is 0 Å². The molecule has 0 radical (unpaired) electrons. The van der Waals surface area contributed by atoms with Crippen molar-refractivity contribution in [2.24, 2.45) is 0 Å². The molecule has 0 bridgehead atoms. The summed E-state index contributed by atoms with van der Waals surface area (Å²) in [4.78, 5) is 12.0. The summed E-state index contributed by atoms with van der Waals surface area (Å²) in [7, 11) is 0. The van der Waals surface area contributed by atoms with Gasteiger partial charge >= 0.3 is 5.97 Å². The minimum Gasteiger partial charge on any atom is -0.449 e. The first kappa shape index (κ1) is 12.6. The molecule has 102 valence electrons. The maximum absolute atomic E-state index is 12.0. The molecule has 2 nitrogen and oxygen atoms in total. The highest BCUT2D eigenvalue weighted by Crippen LogP contribution is 2.39. The third kappa shape index (κ3) is 1.96. The molecule has 0 aromatic heterocycles. The molecule has 0 saturated carbocycles. The number of carbonyl (C=O) groups is 1. The van der Waals surface area contributed by atoms with Gasteiger partial charge in [0.05, 0.1) is 5.56 Å². The van der Waals surface area contributed by atoms with Crippen molar-refractivity contribution in [1.82, 2.24) is 0 Å². The predicted octanol–water partition coefficient (Wildman–Crippen LogP) is 4.86. The van der Waals surface area contributed by atoms with Crippen LogP contribution in [0.4, 0.5) is 0 Å². The van der Waals surface area contributed by atoms with Crippen molar-refractivity contribution in [3.8, 4) is 0 Å². The van der Waals surface area contributed by atoms with E-state index in [1.54, 1.807) is 0 Å². The zero-order chi connectivity index (χ0) is 14.4. The second-order valence-corrected chi connectivity index (χ2v) is 6.00. The number of halogens is 1. The fourth-order valence-corrected chi connectivity index (χ4v) is 3.24. The van der Waals surface area contributed by atoms with E-state index < -0.39 is 0 Å². The first-order valence-corrected chi connectivity index (χ1v) is 7.51. The lowest BCUT2D eigenvalue weighted by Crippen LogP contribution is -2.01. The predicted molar refractivity (Wildman–Crippen MR) is 85.3 cm³/mol. The second-order valence-electron chi connectivity index (χ2n) is 5.09. The van der Waals surface area contributed by atoms with Gasteiger partial charge in [-0.15, -0.1) is 0 Å². The second kappa shape index (κ2) is 4.71. The smallest absolute Gasteiger partial charge is 0.339 e. The zero-order valence-electron chi connectivity index (χ0n) is 11.0. The third-order valence-corrected chi connectivity index (χ3v) is 4.34. The number of ether oxygens (including phenoxy) is 1. The molecule has 1 aliphatic rings. The molecule has 0 fully saturated rings. The summed E-state index contributed by atoms with van der Waals surface area (Å²) >= 11 is 3.51. The summed E-state index contributed by atoms with van der Waals surface area (Å²) in [6.45, 7) is 0. The molecule has 0 spiro atoms. The molecule has 0 amide bonds. The van der Waals surface area contributed by atoms with Gasteiger partial charge in [0.25, 0.3) is 0 Å². The molecule has 0 N–H and O–H groups in total. The minimum absolute atomic E-state index is 0.248. The maximum Gasteiger partial charge on any atom is 0.339 e. The van der Waals surface area contributed by atoms with Crippen molar-refractivity contribution in [2.45, 2.75) is 6.10 Å². The van der Waals surface area contributed by atoms with Gasteiger partial charge in [-0.25, -0.2) is 4.79 Å². The van der Waals surface area contributed by atoms with E-state index in [9.17, 15) is 4.79 Å². The Morgan fingerprint density at radius 2 is 1.71 bits per heavy atom. The molecule has 0 aliphatic carbocycles. The average Bonchev–Trinajstić information content (AvgIpc) is 2.84. The summed E-state index contributed by atoms with van der Waals surface area (Å²) in [5, 5.41) is 2.23. The largest absolute Gasteiger partial charge is 0.449 e. The minimum atomic E-state index is -0.327. The van der Waals surface area contributed by atoms with Crippen molar-refractivity contribution >= 4 is 32.7 Å². The Morgan fingerprint density at radius 1 is 0.905 bits per heavy atom. The van der Waals surface area contributed by atoms with E-state index in [-0.39, 0.29) is 12.1 Å². The first-order valence-electron chi connectivity index (χ1n) is 6.72. The van der Waals surface area contributed by atoms with E-state index in [1.165, 1.54) is 0 Å². The Bertz CT molecular complexity index is 870. The van der Waals surface area contributed by atoms with Gasteiger partial charge < -0.3 is 4.74 Å². The van der Waals surface area contributed by atoms with Crippen molar-refractivity contribution < 1.29 is 9.53 Å². The zero-order valence-corrected chi connectivity index (χ0v) is 12.6. The number of cyclic esters (lactones) is 1. The van der Waals surface area contributed by atoms with Gasteiger partial charge in [-0.3, -0.25) is 0 Å². The molecule has 0 saturated heterocycles. The molecule has 1 heterocycles. The quantitative estimate of drug-likeness (QED) is 0.592. The molecular formula is C18H11BrO2. The van der Waals surface area contributed by atoms with E-state index in [1.807, 2.05) is 42.5 Å². The van der Waals surface area contributed by atoms with Gasteiger partial charge in [0.1, 0.15) is 0 Å². The van der Waals surface area contributed by atoms with Crippen LogP contribution in [0, 0.1) is 0 Å². The van der Waals surface area contributed by atoms with Gasteiger partial charge in [0.15, 0.2) is 6.10 Å². The van der Waals surface area contributed by atoms with Gasteiger partial charge in [0, 0.05) is 15.6 Å². The molecule has 3 aromatic rings. The van der Waals surface area contributed by atoms with Gasteiger partial charge in [-0.1, -0.05) is 58.4 Å². The van der Waals surface area contributed by atoms with E-state index in [2.05, 4.69) is 34.1 Å². The lowest BCUT2D eigenvalue weighted by molar-refractivity contribution is 0.0458. The highest BCUT2D eigenvalue weighted by atomic mass is 79.9. The first-order chi connectivity index (χ1) is 10.2. The van der Waals surface area contributed by atoms with E-state index >= 15 is 0 Å². The number of fused-ring (bicyclic) bond motifs is 2. The van der Waals surface area contributed by atoms with Crippen LogP contribution in [-0.2, 0) is 4.74 Å². The number of benzene rings is 3. The monoisotopic (exact) mass is 338 g/mol. The third-order valence-electron chi connectivity index (χ3n) is 3.85. The summed E-state index contributed by atoms with van der Waals surface area (Å²) in [5.74, 6) is -0.248. The standard InChI is InChI=1S/C18H11BrO2/c19-12-9-8-11-4-3-7-14(16(11)10-12)17-13-5-1-2-6-15(13)18(20)21-17/h1-10,17H. The highest BCUT2D eigenvalue weighted by molar-refractivity contribution is 9.10. The summed E-state index contributed by atoms with van der Waals surface area (Å²) in [6.07, 6.45) is -0.327. The van der Waals surface area contributed by atoms with Gasteiger partial charge in [-0.2, -0.15) is 0 Å². The summed E-state index contributed by atoms with van der Waals surface area (Å²) in [5.41, 5.74) is 2.62. The lowest BCUT2D eigenvalue weighted by Gasteiger charge is -2.14. The fraction of sp³-hybridized carbons (Fsp3) is 0.0556. The summed E-state index contributed by atoms with van der Waals surface area (Å²) in [6, 6.07) is 19.8. The maximum atomic E-state index is 12.0. The van der Waals surface area contributed by atoms with Crippen LogP contribution in [0.5, 0.6) is 0 Å². The Morgan fingerprint density at radius 3 is 2.62 bits per heavy atom. The molecule has 1 aliphatic heterocycles. The van der Waals surface area contributed by atoms with Crippen molar-refractivity contribution in [2.75, 3.05) is 0 Å². The number of carbonyl (C=O) groups excluding carboxylic acids is 1. The Balaban J connectivity index is 1.96. The Labute approximate surface area is 130 Å². The number of esters is 1. The lowest BCUT2D eigenvalue weighted by atomic mass is 9.95. The van der Waals surface area contributed by atoms with Crippen LogP contribution in [-0.4, -0.2) is 5.97 Å². The Hall–Kier alpha value is -2.13. The van der Waals surface area contributed by atoms with Crippen LogP contribution in [0.25, 0.3) is 10.8 Å². The number of rotatable bonds is 1. The van der Waals surface area contributed by atoms with E-state index in [0.717, 1.165) is 26.4 Å². The molecule has 3 aromatic carbocycles. The number of hydrogen-bond donors (Lipinski definition) is 0. The van der Waals surface area contributed by atoms with Crippen LogP contribution in [0.15, 0.2) is 65.1 Å². The molecule has 21 heavy (non-hydrogen) atoms. The van der Waals surface area contributed by atoms with Crippen LogP contribution in [0.2, 0.25) is 0 Å². The molecule has 1 atom stereocenters. The van der Waals surface area contributed by atoms with Crippen LogP contribution >= 0.6 is 15.9 Å². The van der Waals surface area contributed by atoms with Crippen LogP contribution < -0.4 is 0 Å². The van der Waals surface area contributed by atoms with Crippen LogP contribution in [0.3, 0.4) is 0 Å². The van der Waals surface area contributed by atoms with E-state index in [4.69, 9.17) is 4.74 Å². The highest BCUT2D eigenvalue weighted by Gasteiger charge is 2.32. The van der Waals surface area contributed by atoms with Crippen molar-refractivity contribution in [3.05, 3.63) is 81.8 Å². The average molecular weight is 339 g/mol. The van der Waals surface area contributed by atoms with E-state index in [0.29, 0.717) is 5.56 Å². The van der Waals surface area contributed by atoms with Gasteiger partial charge in [0.2, 0.25) is 0 Å². The summed E-state index contributed by atoms with van der Waals surface area (Å²) < 4.78 is 6.63. The normalized spacial score (nSPS) is 16.8. The molecule has 4 rings (SSSR count). The van der Waals surface area contributed by atoms with Gasteiger partial charge in [-0.05, 0) is 29.0 Å². The van der Waals surface area contributed by atoms with Crippen molar-refractivity contribution in [1.29, 1.82) is 0 Å². The molecule has 3 heteroatoms. The number of hydrogen-bond acceptors (Lipinski definition) is 2. The Kier molecular flexibility index (Phi) is 2.82. The SMILES string of the molecule is O=C1OC(c2cccc3ccc(Br)cc23)c2ccccc21. The fourth-order valence-electron chi connectivity index (χ4n) is 2.87. The molecular weight excluding hydrogens is 328 g/mol.